The van der Waals surface area contributed by atoms with E-state index in [4.69, 9.17) is 0 Å². The summed E-state index contributed by atoms with van der Waals surface area (Å²) in [6.07, 6.45) is 2.26. The van der Waals surface area contributed by atoms with E-state index in [1.54, 1.807) is 11.3 Å². The van der Waals surface area contributed by atoms with E-state index in [9.17, 15) is 0 Å². The van der Waals surface area contributed by atoms with Crippen molar-refractivity contribution >= 4 is 11.3 Å². The summed E-state index contributed by atoms with van der Waals surface area (Å²) >= 11 is 1.68. The van der Waals surface area contributed by atoms with Crippen LogP contribution < -0.4 is 5.32 Å². The second-order valence-electron chi connectivity index (χ2n) is 4.50. The molecule has 0 saturated heterocycles. The number of hydrogen-bond donors (Lipinski definition) is 1. The van der Waals surface area contributed by atoms with Gasteiger partial charge in [0.15, 0.2) is 0 Å². The molecule has 0 saturated carbocycles. The first-order valence-corrected chi connectivity index (χ1v) is 6.16. The van der Waals surface area contributed by atoms with Crippen LogP contribution >= 0.6 is 11.3 Å². The van der Waals surface area contributed by atoms with Gasteiger partial charge in [0.05, 0.1) is 11.2 Å². The largest absolute Gasteiger partial charge is 0.316 e. The number of hydrogen-bond acceptors (Lipinski definition) is 3. The van der Waals surface area contributed by atoms with E-state index >= 15 is 0 Å². The normalized spacial score (nSPS) is 11.9. The van der Waals surface area contributed by atoms with Crippen molar-refractivity contribution in [3.05, 3.63) is 16.6 Å². The zero-order valence-corrected chi connectivity index (χ0v) is 10.2. The van der Waals surface area contributed by atoms with Crippen molar-refractivity contribution in [1.82, 2.24) is 10.3 Å². The van der Waals surface area contributed by atoms with Gasteiger partial charge in [0.25, 0.3) is 0 Å². The highest BCUT2D eigenvalue weighted by Gasteiger charge is 2.18. The maximum absolute atomic E-state index is 4.32. The Balaban J connectivity index is 2.33. The third-order valence-corrected chi connectivity index (χ3v) is 2.81. The van der Waals surface area contributed by atoms with Crippen LogP contribution in [0.3, 0.4) is 0 Å². The van der Waals surface area contributed by atoms with Crippen LogP contribution in [-0.2, 0) is 6.42 Å². The summed E-state index contributed by atoms with van der Waals surface area (Å²) in [5.41, 5.74) is 3.44. The first-order valence-electron chi connectivity index (χ1n) is 5.22. The molecule has 1 heterocycles. The predicted molar refractivity (Wildman–Crippen MR) is 62.8 cm³/mol. The fourth-order valence-corrected chi connectivity index (χ4v) is 2.04. The lowest BCUT2D eigenvalue weighted by Gasteiger charge is -2.24. The van der Waals surface area contributed by atoms with E-state index < -0.39 is 0 Å². The Kier molecular flexibility index (Phi) is 4.55. The molecule has 14 heavy (non-hydrogen) atoms. The van der Waals surface area contributed by atoms with Gasteiger partial charge in [0.1, 0.15) is 0 Å². The van der Waals surface area contributed by atoms with E-state index in [0.717, 1.165) is 19.5 Å². The average molecular weight is 212 g/mol. The second-order valence-corrected chi connectivity index (χ2v) is 5.22. The topological polar surface area (TPSA) is 24.9 Å². The van der Waals surface area contributed by atoms with Crippen LogP contribution in [0.4, 0.5) is 0 Å². The number of aromatic nitrogens is 1. The molecule has 0 radical (unpaired) electrons. The summed E-state index contributed by atoms with van der Waals surface area (Å²) in [6.45, 7) is 8.95. The summed E-state index contributed by atoms with van der Waals surface area (Å²) in [5, 5.41) is 5.60. The molecule has 0 fully saturated rings. The number of nitrogens with zero attached hydrogens (tertiary/aromatic N) is 1. The molecule has 0 aliphatic carbocycles. The van der Waals surface area contributed by atoms with Crippen molar-refractivity contribution in [3.63, 3.8) is 0 Å². The second kappa shape index (κ2) is 5.47. The van der Waals surface area contributed by atoms with Crippen LogP contribution in [-0.4, -0.2) is 18.1 Å². The molecule has 2 nitrogen and oxygen atoms in total. The summed E-state index contributed by atoms with van der Waals surface area (Å²) in [6, 6.07) is 0. The molecule has 1 aromatic rings. The van der Waals surface area contributed by atoms with Crippen molar-refractivity contribution in [2.24, 2.45) is 5.41 Å². The lowest BCUT2D eigenvalue weighted by atomic mass is 9.88. The van der Waals surface area contributed by atoms with Gasteiger partial charge in [-0.05, 0) is 24.8 Å². The maximum Gasteiger partial charge on any atom is 0.0794 e. The Morgan fingerprint density at radius 2 is 2.29 bits per heavy atom. The minimum Gasteiger partial charge on any atom is -0.316 e. The maximum atomic E-state index is 4.32. The lowest BCUT2D eigenvalue weighted by molar-refractivity contribution is 0.336. The summed E-state index contributed by atoms with van der Waals surface area (Å²) in [7, 11) is 0. The van der Waals surface area contributed by atoms with E-state index in [-0.39, 0.29) is 0 Å². The average Bonchev–Trinajstić information content (AvgIpc) is 2.56. The van der Waals surface area contributed by atoms with E-state index in [1.165, 1.54) is 12.1 Å². The van der Waals surface area contributed by atoms with E-state index in [0.29, 0.717) is 5.41 Å². The predicted octanol–water partition coefficient (Wildman–Crippen LogP) is 2.71. The molecule has 0 bridgehead atoms. The van der Waals surface area contributed by atoms with Gasteiger partial charge in [-0.25, -0.2) is 4.98 Å². The molecule has 1 rings (SSSR count). The minimum atomic E-state index is 0.309. The molecule has 0 amide bonds. The Morgan fingerprint density at radius 1 is 1.50 bits per heavy atom. The third-order valence-electron chi connectivity index (χ3n) is 2.17. The standard InChI is InChI=1S/C11H20N2S/c1-4-5-12-8-11(2,3)6-10-7-14-9-13-10/h7,9,12H,4-6,8H2,1-3H3. The first kappa shape index (κ1) is 11.7. The molecule has 1 N–H and O–H groups in total. The highest BCUT2D eigenvalue weighted by Crippen LogP contribution is 2.20. The van der Waals surface area contributed by atoms with Gasteiger partial charge in [-0.2, -0.15) is 0 Å². The van der Waals surface area contributed by atoms with Gasteiger partial charge in [-0.1, -0.05) is 20.8 Å². The van der Waals surface area contributed by atoms with Crippen molar-refractivity contribution in [3.8, 4) is 0 Å². The smallest absolute Gasteiger partial charge is 0.0794 e. The van der Waals surface area contributed by atoms with Crippen LogP contribution in [0.5, 0.6) is 0 Å². The molecule has 0 aliphatic heterocycles. The number of rotatable bonds is 6. The van der Waals surface area contributed by atoms with Crippen molar-refractivity contribution in [2.45, 2.75) is 33.6 Å². The SMILES string of the molecule is CCCNCC(C)(C)Cc1cscn1. The zero-order valence-electron chi connectivity index (χ0n) is 9.34. The van der Waals surface area contributed by atoms with Crippen LogP contribution in [0, 0.1) is 5.41 Å². The van der Waals surface area contributed by atoms with Crippen LogP contribution in [0.25, 0.3) is 0 Å². The van der Waals surface area contributed by atoms with Crippen LogP contribution in [0.15, 0.2) is 10.9 Å². The van der Waals surface area contributed by atoms with Gasteiger partial charge < -0.3 is 5.32 Å². The molecule has 0 aromatic carbocycles. The fourth-order valence-electron chi connectivity index (χ4n) is 1.48. The first-order chi connectivity index (χ1) is 6.64. The monoisotopic (exact) mass is 212 g/mol. The van der Waals surface area contributed by atoms with Gasteiger partial charge in [0, 0.05) is 11.9 Å². The number of thiazole rings is 1. The quantitative estimate of drug-likeness (QED) is 0.733. The molecule has 0 spiro atoms. The minimum absolute atomic E-state index is 0.309. The molecule has 3 heteroatoms. The lowest BCUT2D eigenvalue weighted by Crippen LogP contribution is -2.31. The highest BCUT2D eigenvalue weighted by atomic mass is 32.1. The van der Waals surface area contributed by atoms with Crippen molar-refractivity contribution in [1.29, 1.82) is 0 Å². The molecule has 0 aliphatic rings. The fraction of sp³-hybridized carbons (Fsp3) is 0.727. The van der Waals surface area contributed by atoms with Crippen LogP contribution in [0.1, 0.15) is 32.9 Å². The molecule has 80 valence electrons. The Morgan fingerprint density at radius 3 is 2.86 bits per heavy atom. The number of nitrogens with one attached hydrogen (secondary N) is 1. The van der Waals surface area contributed by atoms with Gasteiger partial charge >= 0.3 is 0 Å². The summed E-state index contributed by atoms with van der Waals surface area (Å²) in [4.78, 5) is 4.32. The van der Waals surface area contributed by atoms with Crippen molar-refractivity contribution < 1.29 is 0 Å². The molecular formula is C11H20N2S. The Labute approximate surface area is 90.8 Å². The molecule has 1 aromatic heterocycles. The third kappa shape index (κ3) is 4.20. The highest BCUT2D eigenvalue weighted by molar-refractivity contribution is 7.07. The van der Waals surface area contributed by atoms with Crippen molar-refractivity contribution in [2.75, 3.05) is 13.1 Å². The van der Waals surface area contributed by atoms with E-state index in [1.807, 2.05) is 5.51 Å². The Bertz CT molecular complexity index is 242. The van der Waals surface area contributed by atoms with E-state index in [2.05, 4.69) is 36.5 Å². The zero-order chi connectivity index (χ0) is 10.4. The molecule has 0 atom stereocenters. The van der Waals surface area contributed by atoms with Gasteiger partial charge in [-0.3, -0.25) is 0 Å². The van der Waals surface area contributed by atoms with Crippen LogP contribution in [0.2, 0.25) is 0 Å². The summed E-state index contributed by atoms with van der Waals surface area (Å²) in [5.74, 6) is 0. The summed E-state index contributed by atoms with van der Waals surface area (Å²) < 4.78 is 0. The Hall–Kier alpha value is -0.410. The molecule has 0 unspecified atom stereocenters. The molecular weight excluding hydrogens is 192 g/mol. The van der Waals surface area contributed by atoms with Gasteiger partial charge in [0.2, 0.25) is 0 Å². The van der Waals surface area contributed by atoms with Gasteiger partial charge in [-0.15, -0.1) is 11.3 Å².